The van der Waals surface area contributed by atoms with Crippen molar-refractivity contribution in [3.63, 3.8) is 0 Å². The summed E-state index contributed by atoms with van der Waals surface area (Å²) in [5.74, 6) is -0.622. The van der Waals surface area contributed by atoms with Crippen molar-refractivity contribution in [1.82, 2.24) is 5.32 Å². The molecule has 19 heavy (non-hydrogen) atoms. The Balaban J connectivity index is 3.12. The Morgan fingerprint density at radius 3 is 2.26 bits per heavy atom. The Hall–Kier alpha value is -0.960. The maximum Gasteiger partial charge on any atom is 0.130 e. The Morgan fingerprint density at radius 2 is 1.74 bits per heavy atom. The molecule has 0 aliphatic carbocycles. The van der Waals surface area contributed by atoms with Crippen molar-refractivity contribution in [1.29, 1.82) is 0 Å². The first kappa shape index (κ1) is 16.1. The maximum atomic E-state index is 14.1. The Morgan fingerprint density at radius 1 is 1.11 bits per heavy atom. The number of hydrogen-bond donors (Lipinski definition) is 1. The largest absolute Gasteiger partial charge is 0.307 e. The number of hydrogen-bond acceptors (Lipinski definition) is 1. The molecule has 0 bridgehead atoms. The highest BCUT2D eigenvalue weighted by molar-refractivity contribution is 5.28. The van der Waals surface area contributed by atoms with Crippen molar-refractivity contribution in [2.45, 2.75) is 59.5 Å². The summed E-state index contributed by atoms with van der Waals surface area (Å²) in [5, 5.41) is 3.41. The predicted octanol–water partition coefficient (Wildman–Crippen LogP) is 4.75. The van der Waals surface area contributed by atoms with Crippen LogP contribution in [0.5, 0.6) is 0 Å². The molecule has 1 rings (SSSR count). The lowest BCUT2D eigenvalue weighted by Crippen LogP contribution is -2.33. The average Bonchev–Trinajstić information content (AvgIpc) is 2.31. The molecule has 0 saturated carbocycles. The first-order valence-corrected chi connectivity index (χ1v) is 7.08. The minimum atomic E-state index is -0.479. The van der Waals surface area contributed by atoms with Crippen molar-refractivity contribution in [3.8, 4) is 0 Å². The van der Waals surface area contributed by atoms with E-state index in [-0.39, 0.29) is 12.1 Å². The van der Waals surface area contributed by atoms with Crippen LogP contribution in [0.4, 0.5) is 8.78 Å². The lowest BCUT2D eigenvalue weighted by atomic mass is 9.89. The third kappa shape index (κ3) is 4.27. The van der Waals surface area contributed by atoms with Gasteiger partial charge in [0.05, 0.1) is 0 Å². The second-order valence-corrected chi connectivity index (χ2v) is 5.69. The van der Waals surface area contributed by atoms with Crippen LogP contribution in [0, 0.1) is 24.5 Å². The highest BCUT2D eigenvalue weighted by Crippen LogP contribution is 2.29. The Kier molecular flexibility index (Phi) is 5.92. The van der Waals surface area contributed by atoms with Crippen LogP contribution in [0.1, 0.15) is 57.7 Å². The van der Waals surface area contributed by atoms with Gasteiger partial charge >= 0.3 is 0 Å². The summed E-state index contributed by atoms with van der Waals surface area (Å²) in [5.41, 5.74) is 1.07. The van der Waals surface area contributed by atoms with E-state index in [4.69, 9.17) is 0 Å². The van der Waals surface area contributed by atoms with E-state index >= 15 is 0 Å². The summed E-state index contributed by atoms with van der Waals surface area (Å²) in [7, 11) is 0. The molecular formula is C16H25F2N. The van der Waals surface area contributed by atoms with E-state index in [0.29, 0.717) is 17.0 Å². The van der Waals surface area contributed by atoms with Crippen LogP contribution in [0.25, 0.3) is 0 Å². The molecule has 0 aromatic heterocycles. The fraction of sp³-hybridized carbons (Fsp3) is 0.625. The quantitative estimate of drug-likeness (QED) is 0.786. The van der Waals surface area contributed by atoms with Crippen LogP contribution >= 0.6 is 0 Å². The van der Waals surface area contributed by atoms with E-state index < -0.39 is 11.6 Å². The van der Waals surface area contributed by atoms with Gasteiger partial charge in [0.2, 0.25) is 0 Å². The van der Waals surface area contributed by atoms with E-state index in [1.165, 1.54) is 0 Å². The molecule has 2 unspecified atom stereocenters. The van der Waals surface area contributed by atoms with Gasteiger partial charge in [-0.2, -0.15) is 0 Å². The van der Waals surface area contributed by atoms with E-state index in [9.17, 15) is 8.78 Å². The first-order valence-electron chi connectivity index (χ1n) is 7.08. The number of aryl methyl sites for hydroxylation is 1. The molecule has 108 valence electrons. The maximum absolute atomic E-state index is 14.1. The summed E-state index contributed by atoms with van der Waals surface area (Å²) >= 11 is 0. The highest BCUT2D eigenvalue weighted by atomic mass is 19.1. The second kappa shape index (κ2) is 6.99. The van der Waals surface area contributed by atoms with E-state index in [1.807, 2.05) is 13.8 Å². The van der Waals surface area contributed by atoms with E-state index in [2.05, 4.69) is 19.2 Å². The molecule has 0 heterocycles. The summed E-state index contributed by atoms with van der Waals surface area (Å²) in [6.45, 7) is 9.99. The number of rotatable bonds is 6. The third-order valence-corrected chi connectivity index (χ3v) is 3.44. The van der Waals surface area contributed by atoms with Gasteiger partial charge in [-0.15, -0.1) is 0 Å². The molecular weight excluding hydrogens is 244 g/mol. The van der Waals surface area contributed by atoms with Gasteiger partial charge in [-0.25, -0.2) is 8.78 Å². The van der Waals surface area contributed by atoms with Crippen molar-refractivity contribution in [2.75, 3.05) is 0 Å². The fourth-order valence-electron chi connectivity index (χ4n) is 2.46. The molecule has 1 nitrogen and oxygen atoms in total. The molecule has 1 aromatic rings. The van der Waals surface area contributed by atoms with Crippen molar-refractivity contribution in [2.24, 2.45) is 5.92 Å². The van der Waals surface area contributed by atoms with Gasteiger partial charge < -0.3 is 5.32 Å². The standard InChI is InChI=1S/C16H25F2N/c1-6-7-11(4)16(19-10(2)3)13-8-12(5)14(17)9-15(13)18/h8-11,16,19H,6-7H2,1-5H3. The van der Waals surface area contributed by atoms with Gasteiger partial charge in [0.15, 0.2) is 0 Å². The zero-order valence-corrected chi connectivity index (χ0v) is 12.6. The zero-order valence-electron chi connectivity index (χ0n) is 12.6. The van der Waals surface area contributed by atoms with Crippen LogP contribution in [0.2, 0.25) is 0 Å². The molecule has 0 spiro atoms. The van der Waals surface area contributed by atoms with Crippen LogP contribution in [-0.4, -0.2) is 6.04 Å². The molecule has 0 aliphatic rings. The average molecular weight is 269 g/mol. The Labute approximate surface area is 115 Å². The van der Waals surface area contributed by atoms with Gasteiger partial charge in [0, 0.05) is 23.7 Å². The number of benzene rings is 1. The lowest BCUT2D eigenvalue weighted by molar-refractivity contribution is 0.331. The molecule has 0 radical (unpaired) electrons. The van der Waals surface area contributed by atoms with Gasteiger partial charge in [-0.3, -0.25) is 0 Å². The number of halogens is 2. The SMILES string of the molecule is CCCC(C)C(NC(C)C)c1cc(C)c(F)cc1F. The van der Waals surface area contributed by atoms with Crippen LogP contribution in [0.15, 0.2) is 12.1 Å². The molecule has 1 N–H and O–H groups in total. The van der Waals surface area contributed by atoms with Gasteiger partial charge in [0.1, 0.15) is 11.6 Å². The second-order valence-electron chi connectivity index (χ2n) is 5.69. The van der Waals surface area contributed by atoms with Crippen molar-refractivity contribution < 1.29 is 8.78 Å². The summed E-state index contributed by atoms with van der Waals surface area (Å²) in [4.78, 5) is 0. The lowest BCUT2D eigenvalue weighted by Gasteiger charge is -2.28. The van der Waals surface area contributed by atoms with Crippen LogP contribution in [-0.2, 0) is 0 Å². The fourth-order valence-corrected chi connectivity index (χ4v) is 2.46. The topological polar surface area (TPSA) is 12.0 Å². The third-order valence-electron chi connectivity index (χ3n) is 3.44. The smallest absolute Gasteiger partial charge is 0.130 e. The minimum Gasteiger partial charge on any atom is -0.307 e. The predicted molar refractivity (Wildman–Crippen MR) is 76.2 cm³/mol. The summed E-state index contributed by atoms with van der Waals surface area (Å²) in [6.07, 6.45) is 2.07. The van der Waals surface area contributed by atoms with E-state index in [0.717, 1.165) is 18.9 Å². The molecule has 0 aliphatic heterocycles. The number of nitrogens with one attached hydrogen (secondary N) is 1. The Bertz CT molecular complexity index is 415. The van der Waals surface area contributed by atoms with Gasteiger partial charge in [-0.05, 0) is 30.9 Å². The molecule has 1 aromatic carbocycles. The van der Waals surface area contributed by atoms with Gasteiger partial charge in [0.25, 0.3) is 0 Å². The normalized spacial score (nSPS) is 14.7. The van der Waals surface area contributed by atoms with Gasteiger partial charge in [-0.1, -0.05) is 34.1 Å². The molecule has 2 atom stereocenters. The highest BCUT2D eigenvalue weighted by Gasteiger charge is 2.23. The molecule has 0 amide bonds. The zero-order chi connectivity index (χ0) is 14.6. The van der Waals surface area contributed by atoms with Crippen molar-refractivity contribution in [3.05, 3.63) is 34.9 Å². The van der Waals surface area contributed by atoms with Crippen LogP contribution < -0.4 is 5.32 Å². The molecule has 0 saturated heterocycles. The summed E-state index contributed by atoms with van der Waals surface area (Å²) < 4.78 is 27.4. The van der Waals surface area contributed by atoms with Crippen LogP contribution in [0.3, 0.4) is 0 Å². The first-order chi connectivity index (χ1) is 8.86. The monoisotopic (exact) mass is 269 g/mol. The van der Waals surface area contributed by atoms with Crippen molar-refractivity contribution >= 4 is 0 Å². The minimum absolute atomic E-state index is 0.0701. The molecule has 3 heteroatoms. The van der Waals surface area contributed by atoms with E-state index in [1.54, 1.807) is 13.0 Å². The summed E-state index contributed by atoms with van der Waals surface area (Å²) in [6, 6.07) is 2.82. The molecule has 0 fully saturated rings.